The Balaban J connectivity index is 1.83. The third-order valence-corrected chi connectivity index (χ3v) is 4.15. The first-order valence-electron chi connectivity index (χ1n) is 7.60. The molecule has 138 valence electrons. The molecule has 0 saturated carbocycles. The van der Waals surface area contributed by atoms with Gasteiger partial charge < -0.3 is 10.1 Å². The molecule has 3 amide bonds. The lowest BCUT2D eigenvalue weighted by Crippen LogP contribution is -2.37. The second-order valence-electron chi connectivity index (χ2n) is 5.55. The Kier molecular flexibility index (Phi) is 4.78. The van der Waals surface area contributed by atoms with Crippen LogP contribution in [0.3, 0.4) is 0 Å². The average molecular weight is 390 g/mol. The lowest BCUT2D eigenvalue weighted by atomic mass is 10.1. The van der Waals surface area contributed by atoms with Crippen molar-refractivity contribution >= 4 is 40.7 Å². The van der Waals surface area contributed by atoms with Gasteiger partial charge in [0.15, 0.2) is 0 Å². The maximum Gasteiger partial charge on any atom is 0.282 e. The fraction of sp³-hybridized carbons (Fsp3) is 0.118. The van der Waals surface area contributed by atoms with Crippen molar-refractivity contribution in [3.63, 3.8) is 0 Å². The number of amides is 3. The summed E-state index contributed by atoms with van der Waals surface area (Å²) < 4.78 is 5.11. The number of carbonyl (C=O) groups is 3. The van der Waals surface area contributed by atoms with E-state index in [4.69, 9.17) is 16.3 Å². The number of benzene rings is 2. The number of hydrogen-bond donors (Lipinski definition) is 1. The quantitative estimate of drug-likeness (QED) is 0.476. The average Bonchev–Trinajstić information content (AvgIpc) is 2.87. The number of nitro groups is 1. The van der Waals surface area contributed by atoms with Gasteiger partial charge in [0.2, 0.25) is 5.91 Å². The summed E-state index contributed by atoms with van der Waals surface area (Å²) in [7, 11) is 1.40. The first kappa shape index (κ1) is 18.3. The van der Waals surface area contributed by atoms with Crippen LogP contribution in [0.25, 0.3) is 0 Å². The molecule has 0 fully saturated rings. The van der Waals surface area contributed by atoms with Crippen LogP contribution < -0.4 is 10.1 Å². The fourth-order valence-corrected chi connectivity index (χ4v) is 2.89. The Labute approximate surface area is 157 Å². The van der Waals surface area contributed by atoms with Crippen molar-refractivity contribution in [3.8, 4) is 5.75 Å². The van der Waals surface area contributed by atoms with Gasteiger partial charge in [0.05, 0.1) is 23.3 Å². The molecule has 0 spiro atoms. The zero-order valence-electron chi connectivity index (χ0n) is 13.9. The van der Waals surface area contributed by atoms with Crippen molar-refractivity contribution in [2.24, 2.45) is 0 Å². The molecule has 10 heteroatoms. The largest absolute Gasteiger partial charge is 0.495 e. The molecule has 27 heavy (non-hydrogen) atoms. The number of nitrogens with zero attached hydrogens (tertiary/aromatic N) is 2. The summed E-state index contributed by atoms with van der Waals surface area (Å²) in [5, 5.41) is 14.0. The van der Waals surface area contributed by atoms with Gasteiger partial charge >= 0.3 is 0 Å². The number of fused-ring (bicyclic) bond motifs is 1. The Hall–Kier alpha value is -3.46. The highest BCUT2D eigenvalue weighted by Crippen LogP contribution is 2.31. The number of halogens is 1. The number of nitrogens with one attached hydrogen (secondary N) is 1. The Bertz CT molecular complexity index is 991. The van der Waals surface area contributed by atoms with Gasteiger partial charge in [-0.1, -0.05) is 17.7 Å². The maximum absolute atomic E-state index is 12.5. The van der Waals surface area contributed by atoms with Crippen molar-refractivity contribution in [2.75, 3.05) is 19.0 Å². The van der Waals surface area contributed by atoms with Crippen LogP contribution in [0.1, 0.15) is 20.7 Å². The second kappa shape index (κ2) is 7.04. The van der Waals surface area contributed by atoms with E-state index in [2.05, 4.69) is 5.32 Å². The SMILES string of the molecule is COc1ccc(Cl)cc1NC(=O)CN1C(=O)c2cccc([N+](=O)[O-])c2C1=O. The van der Waals surface area contributed by atoms with Crippen molar-refractivity contribution in [2.45, 2.75) is 0 Å². The number of rotatable bonds is 5. The number of ether oxygens (including phenoxy) is 1. The molecule has 2 aromatic rings. The molecular formula is C17H12ClN3O6. The topological polar surface area (TPSA) is 119 Å². The van der Waals surface area contributed by atoms with E-state index in [9.17, 15) is 24.5 Å². The molecule has 0 saturated heterocycles. The van der Waals surface area contributed by atoms with E-state index < -0.39 is 34.9 Å². The lowest BCUT2D eigenvalue weighted by Gasteiger charge is -2.15. The van der Waals surface area contributed by atoms with Gasteiger partial charge in [-0.2, -0.15) is 0 Å². The summed E-state index contributed by atoms with van der Waals surface area (Å²) in [6.45, 7) is -0.612. The van der Waals surface area contributed by atoms with E-state index in [0.29, 0.717) is 15.7 Å². The summed E-state index contributed by atoms with van der Waals surface area (Å²) >= 11 is 5.89. The number of methoxy groups -OCH3 is 1. The van der Waals surface area contributed by atoms with Crippen LogP contribution in [0.5, 0.6) is 5.75 Å². The Morgan fingerprint density at radius 1 is 1.26 bits per heavy atom. The number of hydrogen-bond acceptors (Lipinski definition) is 6. The summed E-state index contributed by atoms with van der Waals surface area (Å²) in [6.07, 6.45) is 0. The monoisotopic (exact) mass is 389 g/mol. The minimum Gasteiger partial charge on any atom is -0.495 e. The van der Waals surface area contributed by atoms with Gasteiger partial charge in [-0.3, -0.25) is 29.4 Å². The van der Waals surface area contributed by atoms with Gasteiger partial charge in [-0.05, 0) is 24.3 Å². The molecule has 0 bridgehead atoms. The highest BCUT2D eigenvalue weighted by Gasteiger charge is 2.41. The number of imide groups is 1. The smallest absolute Gasteiger partial charge is 0.282 e. The molecule has 0 unspecified atom stereocenters. The molecule has 0 atom stereocenters. The fourth-order valence-electron chi connectivity index (χ4n) is 2.72. The van der Waals surface area contributed by atoms with Crippen LogP contribution >= 0.6 is 11.6 Å². The third-order valence-electron chi connectivity index (χ3n) is 3.91. The molecule has 1 aliphatic heterocycles. The molecule has 2 aromatic carbocycles. The van der Waals surface area contributed by atoms with E-state index >= 15 is 0 Å². The zero-order valence-corrected chi connectivity index (χ0v) is 14.6. The molecule has 3 rings (SSSR count). The predicted octanol–water partition coefficient (Wildman–Crippen LogP) is 2.49. The van der Waals surface area contributed by atoms with Crippen LogP contribution in [-0.2, 0) is 4.79 Å². The molecule has 0 aliphatic carbocycles. The number of anilines is 1. The van der Waals surface area contributed by atoms with E-state index in [1.165, 1.54) is 25.3 Å². The highest BCUT2D eigenvalue weighted by molar-refractivity contribution is 6.31. The third kappa shape index (κ3) is 3.32. The lowest BCUT2D eigenvalue weighted by molar-refractivity contribution is -0.385. The van der Waals surface area contributed by atoms with Crippen LogP contribution in [0.4, 0.5) is 11.4 Å². The normalized spacial score (nSPS) is 12.7. The molecule has 0 aromatic heterocycles. The minimum atomic E-state index is -0.893. The van der Waals surface area contributed by atoms with E-state index in [-0.39, 0.29) is 16.8 Å². The Morgan fingerprint density at radius 3 is 2.67 bits per heavy atom. The number of nitro benzene ring substituents is 1. The van der Waals surface area contributed by atoms with E-state index in [1.807, 2.05) is 0 Å². The highest BCUT2D eigenvalue weighted by atomic mass is 35.5. The molecule has 0 radical (unpaired) electrons. The van der Waals surface area contributed by atoms with Gasteiger partial charge in [-0.25, -0.2) is 0 Å². The summed E-state index contributed by atoms with van der Waals surface area (Å²) in [6, 6.07) is 8.31. The second-order valence-corrected chi connectivity index (χ2v) is 5.98. The van der Waals surface area contributed by atoms with E-state index in [0.717, 1.165) is 6.07 Å². The first-order chi connectivity index (χ1) is 12.8. The van der Waals surface area contributed by atoms with Crippen molar-refractivity contribution in [1.29, 1.82) is 0 Å². The van der Waals surface area contributed by atoms with Gasteiger partial charge in [0.1, 0.15) is 17.9 Å². The molecule has 1 aliphatic rings. The molecular weight excluding hydrogens is 378 g/mol. The van der Waals surface area contributed by atoms with Crippen LogP contribution in [0.15, 0.2) is 36.4 Å². The van der Waals surface area contributed by atoms with Crippen LogP contribution in [0.2, 0.25) is 5.02 Å². The van der Waals surface area contributed by atoms with E-state index in [1.54, 1.807) is 12.1 Å². The van der Waals surface area contributed by atoms with Crippen molar-refractivity contribution in [3.05, 3.63) is 62.7 Å². The van der Waals surface area contributed by atoms with Gasteiger partial charge in [-0.15, -0.1) is 0 Å². The van der Waals surface area contributed by atoms with Gasteiger partial charge in [0, 0.05) is 11.1 Å². The molecule has 1 heterocycles. The summed E-state index contributed by atoms with van der Waals surface area (Å²) in [5.41, 5.74) is -0.647. The first-order valence-corrected chi connectivity index (χ1v) is 7.98. The minimum absolute atomic E-state index is 0.109. The summed E-state index contributed by atoms with van der Waals surface area (Å²) in [4.78, 5) is 48.2. The predicted molar refractivity (Wildman–Crippen MR) is 95.1 cm³/mol. The molecule has 9 nitrogen and oxygen atoms in total. The van der Waals surface area contributed by atoms with Crippen molar-refractivity contribution in [1.82, 2.24) is 4.90 Å². The number of carbonyl (C=O) groups excluding carboxylic acids is 3. The molecule has 1 N–H and O–H groups in total. The zero-order chi connectivity index (χ0) is 19.7. The Morgan fingerprint density at radius 2 is 2.00 bits per heavy atom. The van der Waals surface area contributed by atoms with Crippen LogP contribution in [-0.4, -0.2) is 41.2 Å². The standard InChI is InChI=1S/C17H12ClN3O6/c1-27-13-6-5-9(18)7-11(13)19-14(22)8-20-16(23)10-3-2-4-12(21(25)26)15(10)17(20)24/h2-7H,8H2,1H3,(H,19,22). The van der Waals surface area contributed by atoms with Gasteiger partial charge in [0.25, 0.3) is 17.5 Å². The summed E-state index contributed by atoms with van der Waals surface area (Å²) in [5.74, 6) is -2.01. The van der Waals surface area contributed by atoms with Crippen molar-refractivity contribution < 1.29 is 24.0 Å². The maximum atomic E-state index is 12.5. The van der Waals surface area contributed by atoms with Crippen LogP contribution in [0, 0.1) is 10.1 Å².